The zero-order chi connectivity index (χ0) is 12.5. The van der Waals surface area contributed by atoms with E-state index in [1.807, 2.05) is 22.8 Å². The van der Waals surface area contributed by atoms with Crippen molar-refractivity contribution in [3.63, 3.8) is 0 Å². The molecule has 0 bridgehead atoms. The summed E-state index contributed by atoms with van der Waals surface area (Å²) in [6, 6.07) is 5.60. The number of nitrogens with one attached hydrogen (secondary N) is 2. The van der Waals surface area contributed by atoms with Gasteiger partial charge in [-0.25, -0.2) is 0 Å². The van der Waals surface area contributed by atoms with Crippen LogP contribution in [0.15, 0.2) is 24.4 Å². The molecule has 3 heterocycles. The van der Waals surface area contributed by atoms with Crippen molar-refractivity contribution in [2.75, 3.05) is 6.54 Å². The van der Waals surface area contributed by atoms with Gasteiger partial charge in [0.2, 0.25) is 5.91 Å². The molecule has 0 aliphatic carbocycles. The van der Waals surface area contributed by atoms with Crippen LogP contribution in [0, 0.1) is 4.77 Å². The maximum Gasteiger partial charge on any atom is 0.222 e. The number of aromatic nitrogens is 4. The number of carbonyl (C=O) groups is 1. The van der Waals surface area contributed by atoms with Crippen molar-refractivity contribution < 1.29 is 4.79 Å². The number of pyridine rings is 1. The van der Waals surface area contributed by atoms with E-state index < -0.39 is 0 Å². The second-order valence-corrected chi connectivity index (χ2v) is 4.49. The summed E-state index contributed by atoms with van der Waals surface area (Å²) >= 11 is 5.23. The minimum atomic E-state index is 0.000700. The number of H-pyrrole nitrogens is 1. The SMILES string of the molecule is O=C1CC(n2c(-c3ccccn3)n[nH]c2=S)CN1. The van der Waals surface area contributed by atoms with Crippen LogP contribution in [0.5, 0.6) is 0 Å². The summed E-state index contributed by atoms with van der Waals surface area (Å²) < 4.78 is 2.37. The minimum absolute atomic E-state index is 0.000700. The summed E-state index contributed by atoms with van der Waals surface area (Å²) in [5, 5.41) is 9.76. The van der Waals surface area contributed by atoms with Crippen LogP contribution in [-0.2, 0) is 4.79 Å². The molecular formula is C11H11N5OS. The van der Waals surface area contributed by atoms with E-state index in [0.29, 0.717) is 23.6 Å². The summed E-state index contributed by atoms with van der Waals surface area (Å²) in [6.45, 7) is 0.576. The number of hydrogen-bond acceptors (Lipinski definition) is 4. The lowest BCUT2D eigenvalue weighted by molar-refractivity contribution is -0.119. The summed E-state index contributed by atoms with van der Waals surface area (Å²) in [5.41, 5.74) is 0.740. The van der Waals surface area contributed by atoms with Crippen molar-refractivity contribution in [3.05, 3.63) is 29.2 Å². The number of aromatic amines is 1. The Bertz CT molecular complexity index is 632. The van der Waals surface area contributed by atoms with Crippen molar-refractivity contribution >= 4 is 18.1 Å². The van der Waals surface area contributed by atoms with Crippen LogP contribution in [0.4, 0.5) is 0 Å². The molecule has 1 atom stereocenters. The summed E-state index contributed by atoms with van der Waals surface area (Å²) in [7, 11) is 0. The van der Waals surface area contributed by atoms with Gasteiger partial charge in [0.1, 0.15) is 5.69 Å². The number of nitrogens with zero attached hydrogens (tertiary/aromatic N) is 3. The first-order valence-electron chi connectivity index (χ1n) is 5.60. The molecule has 1 amide bonds. The van der Waals surface area contributed by atoms with E-state index in [9.17, 15) is 4.79 Å². The largest absolute Gasteiger partial charge is 0.354 e. The number of amides is 1. The van der Waals surface area contributed by atoms with Crippen LogP contribution in [-0.4, -0.2) is 32.2 Å². The van der Waals surface area contributed by atoms with Crippen LogP contribution >= 0.6 is 12.2 Å². The van der Waals surface area contributed by atoms with Gasteiger partial charge in [-0.1, -0.05) is 6.07 Å². The van der Waals surface area contributed by atoms with Crippen LogP contribution in [0.3, 0.4) is 0 Å². The average Bonchev–Trinajstić information content (AvgIpc) is 2.96. The molecule has 1 aliphatic rings. The van der Waals surface area contributed by atoms with Crippen LogP contribution < -0.4 is 5.32 Å². The van der Waals surface area contributed by atoms with Crippen LogP contribution in [0.1, 0.15) is 12.5 Å². The molecule has 3 rings (SSSR count). The van der Waals surface area contributed by atoms with Gasteiger partial charge in [0.25, 0.3) is 0 Å². The van der Waals surface area contributed by atoms with E-state index in [1.165, 1.54) is 0 Å². The monoisotopic (exact) mass is 261 g/mol. The third kappa shape index (κ3) is 1.82. The quantitative estimate of drug-likeness (QED) is 0.793. The Morgan fingerprint density at radius 3 is 3.00 bits per heavy atom. The fourth-order valence-corrected chi connectivity index (χ4v) is 2.37. The molecular weight excluding hydrogens is 250 g/mol. The van der Waals surface area contributed by atoms with E-state index in [4.69, 9.17) is 12.2 Å². The zero-order valence-electron chi connectivity index (χ0n) is 9.46. The van der Waals surface area contributed by atoms with Crippen LogP contribution in [0.25, 0.3) is 11.5 Å². The molecule has 1 saturated heterocycles. The molecule has 0 saturated carbocycles. The van der Waals surface area contributed by atoms with Gasteiger partial charge in [0, 0.05) is 19.2 Å². The molecule has 1 unspecified atom stereocenters. The van der Waals surface area contributed by atoms with Gasteiger partial charge in [-0.2, -0.15) is 5.10 Å². The fourth-order valence-electron chi connectivity index (χ4n) is 2.09. The maximum absolute atomic E-state index is 11.3. The topological polar surface area (TPSA) is 75.6 Å². The molecule has 1 fully saturated rings. The Morgan fingerprint density at radius 2 is 2.33 bits per heavy atom. The van der Waals surface area contributed by atoms with Gasteiger partial charge in [-0.15, -0.1) is 0 Å². The molecule has 2 N–H and O–H groups in total. The second-order valence-electron chi connectivity index (χ2n) is 4.10. The first kappa shape index (κ1) is 11.1. The fraction of sp³-hybridized carbons (Fsp3) is 0.273. The van der Waals surface area contributed by atoms with Crippen molar-refractivity contribution in [1.82, 2.24) is 25.1 Å². The molecule has 18 heavy (non-hydrogen) atoms. The van der Waals surface area contributed by atoms with Crippen molar-refractivity contribution in [2.24, 2.45) is 0 Å². The lowest BCUT2D eigenvalue weighted by Gasteiger charge is -2.11. The number of hydrogen-bond donors (Lipinski definition) is 2. The highest BCUT2D eigenvalue weighted by Gasteiger charge is 2.26. The van der Waals surface area contributed by atoms with Gasteiger partial charge in [-0.05, 0) is 24.4 Å². The lowest BCUT2D eigenvalue weighted by atomic mass is 10.2. The number of rotatable bonds is 2. The van der Waals surface area contributed by atoms with E-state index in [0.717, 1.165) is 5.69 Å². The first-order chi connectivity index (χ1) is 8.75. The Kier molecular flexibility index (Phi) is 2.67. The van der Waals surface area contributed by atoms with E-state index in [-0.39, 0.29) is 11.9 Å². The standard InChI is InChI=1S/C11H11N5OS/c17-9-5-7(6-13-9)16-10(14-15-11(16)18)8-3-1-2-4-12-8/h1-4,7H,5-6H2,(H,13,17)(H,15,18). The van der Waals surface area contributed by atoms with Crippen molar-refractivity contribution in [2.45, 2.75) is 12.5 Å². The van der Waals surface area contributed by atoms with Crippen LogP contribution in [0.2, 0.25) is 0 Å². The smallest absolute Gasteiger partial charge is 0.222 e. The molecule has 92 valence electrons. The molecule has 0 radical (unpaired) electrons. The predicted octanol–water partition coefficient (Wildman–Crippen LogP) is 1.06. The zero-order valence-corrected chi connectivity index (χ0v) is 10.3. The molecule has 7 heteroatoms. The average molecular weight is 261 g/mol. The third-order valence-electron chi connectivity index (χ3n) is 2.92. The molecule has 6 nitrogen and oxygen atoms in total. The molecule has 0 spiro atoms. The highest BCUT2D eigenvalue weighted by Crippen LogP contribution is 2.23. The summed E-state index contributed by atoms with van der Waals surface area (Å²) in [4.78, 5) is 15.6. The van der Waals surface area contributed by atoms with Gasteiger partial charge < -0.3 is 5.32 Å². The Morgan fingerprint density at radius 1 is 1.44 bits per heavy atom. The maximum atomic E-state index is 11.3. The Labute approximate surface area is 108 Å². The summed E-state index contributed by atoms with van der Waals surface area (Å²) in [5.74, 6) is 0.706. The Balaban J connectivity index is 2.07. The van der Waals surface area contributed by atoms with Gasteiger partial charge in [0.15, 0.2) is 10.6 Å². The molecule has 1 aliphatic heterocycles. The Hall–Kier alpha value is -2.02. The highest BCUT2D eigenvalue weighted by atomic mass is 32.1. The second kappa shape index (κ2) is 4.34. The third-order valence-corrected chi connectivity index (χ3v) is 3.21. The molecule has 2 aromatic heterocycles. The minimum Gasteiger partial charge on any atom is -0.354 e. The lowest BCUT2D eigenvalue weighted by Crippen LogP contribution is -2.16. The van der Waals surface area contributed by atoms with Gasteiger partial charge in [-0.3, -0.25) is 19.4 Å². The molecule has 2 aromatic rings. The summed E-state index contributed by atoms with van der Waals surface area (Å²) in [6.07, 6.45) is 2.13. The van der Waals surface area contributed by atoms with Crippen molar-refractivity contribution in [1.29, 1.82) is 0 Å². The van der Waals surface area contributed by atoms with E-state index in [2.05, 4.69) is 20.5 Å². The number of carbonyl (C=O) groups excluding carboxylic acids is 1. The normalized spacial score (nSPS) is 18.9. The highest BCUT2D eigenvalue weighted by molar-refractivity contribution is 7.71. The van der Waals surface area contributed by atoms with Gasteiger partial charge >= 0.3 is 0 Å². The van der Waals surface area contributed by atoms with E-state index >= 15 is 0 Å². The van der Waals surface area contributed by atoms with E-state index in [1.54, 1.807) is 6.20 Å². The first-order valence-corrected chi connectivity index (χ1v) is 6.01. The van der Waals surface area contributed by atoms with Crippen molar-refractivity contribution in [3.8, 4) is 11.5 Å². The predicted molar refractivity (Wildman–Crippen MR) is 67.3 cm³/mol. The molecule has 0 aromatic carbocycles. The van der Waals surface area contributed by atoms with Gasteiger partial charge in [0.05, 0.1) is 6.04 Å².